The number of ether oxygens (including phenoxy) is 1. The zero-order valence-corrected chi connectivity index (χ0v) is 20.7. The Hall–Kier alpha value is -1.56. The molecule has 2 aromatic rings. The quantitative estimate of drug-likeness (QED) is 0.428. The predicted octanol–water partition coefficient (Wildman–Crippen LogP) is 4.40. The Labute approximate surface area is 207 Å². The Morgan fingerprint density at radius 3 is 2.50 bits per heavy atom. The van der Waals surface area contributed by atoms with Crippen LogP contribution in [-0.2, 0) is 21.3 Å². The summed E-state index contributed by atoms with van der Waals surface area (Å²) in [7, 11) is -3.93. The fraction of sp³-hybridized carbons (Fsp3) is 0.455. The average molecular weight is 540 g/mol. The summed E-state index contributed by atoms with van der Waals surface area (Å²) in [5, 5.41) is 1.04. The van der Waals surface area contributed by atoms with Crippen LogP contribution in [0.1, 0.15) is 12.0 Å². The number of anilines is 1. The van der Waals surface area contributed by atoms with E-state index < -0.39 is 28.9 Å². The van der Waals surface area contributed by atoms with E-state index in [0.717, 1.165) is 11.6 Å². The van der Waals surface area contributed by atoms with Gasteiger partial charge in [0.05, 0.1) is 20.6 Å². The largest absolute Gasteiger partial charge is 0.375 e. The van der Waals surface area contributed by atoms with Gasteiger partial charge in [0.25, 0.3) is 6.43 Å². The first-order valence-corrected chi connectivity index (χ1v) is 13.0. The summed E-state index contributed by atoms with van der Waals surface area (Å²) in [4.78, 5) is 3.87. The molecule has 1 aliphatic heterocycles. The number of hydrogen-bond acceptors (Lipinski definition) is 5. The lowest BCUT2D eigenvalue weighted by Gasteiger charge is -2.36. The summed E-state index contributed by atoms with van der Waals surface area (Å²) in [5.41, 5.74) is 1.26. The molecule has 0 spiro atoms. The molecule has 1 fully saturated rings. The third kappa shape index (κ3) is 7.47. The third-order valence-electron chi connectivity index (χ3n) is 5.37. The third-order valence-corrected chi connectivity index (χ3v) is 7.69. The summed E-state index contributed by atoms with van der Waals surface area (Å²) in [6.45, 7) is 2.42. The van der Waals surface area contributed by atoms with Crippen LogP contribution in [0.25, 0.3) is 0 Å². The highest BCUT2D eigenvalue weighted by molar-refractivity contribution is 7.89. The highest BCUT2D eigenvalue weighted by atomic mass is 35.5. The zero-order valence-electron chi connectivity index (χ0n) is 18.3. The number of piperazine rings is 1. The van der Waals surface area contributed by atoms with Crippen molar-refractivity contribution in [2.75, 3.05) is 50.8 Å². The van der Waals surface area contributed by atoms with Crippen molar-refractivity contribution in [3.63, 3.8) is 0 Å². The number of sulfonamides is 1. The second kappa shape index (κ2) is 12.4. The lowest BCUT2D eigenvalue weighted by Crippen LogP contribution is -2.46. The van der Waals surface area contributed by atoms with Gasteiger partial charge in [-0.25, -0.2) is 26.3 Å². The second-order valence-electron chi connectivity index (χ2n) is 7.81. The van der Waals surface area contributed by atoms with Crippen LogP contribution in [0.4, 0.5) is 18.9 Å². The van der Waals surface area contributed by atoms with E-state index in [0.29, 0.717) is 48.5 Å². The van der Waals surface area contributed by atoms with Gasteiger partial charge in [-0.2, -0.15) is 0 Å². The summed E-state index contributed by atoms with van der Waals surface area (Å²) >= 11 is 12.3. The minimum absolute atomic E-state index is 0.00431. The second-order valence-corrected chi connectivity index (χ2v) is 10.4. The molecule has 0 atom stereocenters. The van der Waals surface area contributed by atoms with Gasteiger partial charge in [0.1, 0.15) is 12.4 Å². The van der Waals surface area contributed by atoms with Crippen LogP contribution in [-0.4, -0.2) is 65.7 Å². The van der Waals surface area contributed by atoms with E-state index in [1.165, 1.54) is 12.1 Å². The molecular formula is C22H26Cl2F3N3O3S. The van der Waals surface area contributed by atoms with Crippen LogP contribution < -0.4 is 9.62 Å². The summed E-state index contributed by atoms with van der Waals surface area (Å²) in [6, 6.07) is 9.30. The fourth-order valence-electron chi connectivity index (χ4n) is 3.61. The summed E-state index contributed by atoms with van der Waals surface area (Å²) in [5.74, 6) is -0.630. The summed E-state index contributed by atoms with van der Waals surface area (Å²) in [6.07, 6.45) is -2.35. The lowest BCUT2D eigenvalue weighted by molar-refractivity contribution is 0.0171. The van der Waals surface area contributed by atoms with Crippen molar-refractivity contribution < 1.29 is 26.3 Å². The Morgan fingerprint density at radius 1 is 1.09 bits per heavy atom. The van der Waals surface area contributed by atoms with E-state index in [1.54, 1.807) is 6.07 Å². The molecule has 0 saturated carbocycles. The standard InChI is InChI=1S/C22H26Cl2F3N3O3S/c23-18-4-1-3-16(22(18)24)14-29-8-10-30(11-9-29)20-6-5-17(13-19(20)25)34(31,32)28-7-2-12-33-15-21(26)27/h1,3-6,13,21,28H,2,7-12,14-15H2. The van der Waals surface area contributed by atoms with Gasteiger partial charge in [-0.3, -0.25) is 4.90 Å². The Morgan fingerprint density at radius 2 is 1.82 bits per heavy atom. The van der Waals surface area contributed by atoms with Crippen molar-refractivity contribution in [2.24, 2.45) is 0 Å². The number of benzene rings is 2. The maximum Gasteiger partial charge on any atom is 0.261 e. The van der Waals surface area contributed by atoms with Gasteiger partial charge in [0.15, 0.2) is 0 Å². The molecule has 1 heterocycles. The first-order valence-electron chi connectivity index (χ1n) is 10.7. The highest BCUT2D eigenvalue weighted by Crippen LogP contribution is 2.28. The molecule has 0 amide bonds. The van der Waals surface area contributed by atoms with E-state index in [-0.39, 0.29) is 24.5 Å². The van der Waals surface area contributed by atoms with E-state index in [4.69, 9.17) is 27.9 Å². The van der Waals surface area contributed by atoms with Crippen LogP contribution in [0.15, 0.2) is 41.3 Å². The van der Waals surface area contributed by atoms with Crippen molar-refractivity contribution in [1.29, 1.82) is 0 Å². The molecule has 3 rings (SSSR count). The van der Waals surface area contributed by atoms with E-state index in [1.807, 2.05) is 17.0 Å². The maximum absolute atomic E-state index is 14.8. The number of alkyl halides is 2. The SMILES string of the molecule is O=S(=O)(NCCCOCC(F)F)c1ccc(N2CCN(Cc3cccc(Cl)c3Cl)CC2)c(F)c1. The topological polar surface area (TPSA) is 61.9 Å². The fourth-order valence-corrected chi connectivity index (χ4v) is 5.07. The monoisotopic (exact) mass is 539 g/mol. The molecule has 0 unspecified atom stereocenters. The highest BCUT2D eigenvalue weighted by Gasteiger charge is 2.22. The van der Waals surface area contributed by atoms with Crippen molar-refractivity contribution in [3.8, 4) is 0 Å². The molecular weight excluding hydrogens is 514 g/mol. The van der Waals surface area contributed by atoms with Gasteiger partial charge in [-0.05, 0) is 36.2 Å². The maximum atomic E-state index is 14.8. The van der Waals surface area contributed by atoms with Gasteiger partial charge in [-0.1, -0.05) is 35.3 Å². The Bertz CT molecular complexity index is 1070. The number of rotatable bonds is 11. The molecule has 6 nitrogen and oxygen atoms in total. The first-order chi connectivity index (χ1) is 16.2. The molecule has 0 radical (unpaired) electrons. The first kappa shape index (κ1) is 27.0. The van der Waals surface area contributed by atoms with Gasteiger partial charge >= 0.3 is 0 Å². The van der Waals surface area contributed by atoms with Gasteiger partial charge in [-0.15, -0.1) is 0 Å². The van der Waals surface area contributed by atoms with Crippen LogP contribution in [0.3, 0.4) is 0 Å². The van der Waals surface area contributed by atoms with E-state index in [9.17, 15) is 21.6 Å². The molecule has 0 bridgehead atoms. The van der Waals surface area contributed by atoms with Crippen molar-refractivity contribution in [3.05, 3.63) is 57.8 Å². The predicted molar refractivity (Wildman–Crippen MR) is 127 cm³/mol. The number of nitrogens with one attached hydrogen (secondary N) is 1. The van der Waals surface area contributed by atoms with Crippen molar-refractivity contribution in [2.45, 2.75) is 24.3 Å². The summed E-state index contributed by atoms with van der Waals surface area (Å²) < 4.78 is 70.6. The van der Waals surface area contributed by atoms with E-state index >= 15 is 0 Å². The molecule has 12 heteroatoms. The normalized spacial score (nSPS) is 15.3. The van der Waals surface area contributed by atoms with Crippen LogP contribution in [0.5, 0.6) is 0 Å². The molecule has 1 N–H and O–H groups in total. The van der Waals surface area contributed by atoms with Crippen LogP contribution in [0.2, 0.25) is 10.0 Å². The zero-order chi connectivity index (χ0) is 24.7. The molecule has 2 aromatic carbocycles. The molecule has 0 aliphatic carbocycles. The van der Waals surface area contributed by atoms with Crippen molar-refractivity contribution >= 4 is 38.9 Å². The number of hydrogen-bond donors (Lipinski definition) is 1. The van der Waals surface area contributed by atoms with Crippen molar-refractivity contribution in [1.82, 2.24) is 9.62 Å². The van der Waals surface area contributed by atoms with Crippen LogP contribution in [0, 0.1) is 5.82 Å². The molecule has 1 aliphatic rings. The Kier molecular flexibility index (Phi) is 9.87. The average Bonchev–Trinajstić information content (AvgIpc) is 2.79. The molecule has 0 aromatic heterocycles. The van der Waals surface area contributed by atoms with Gasteiger partial charge in [0.2, 0.25) is 10.0 Å². The molecule has 188 valence electrons. The number of halogens is 5. The molecule has 1 saturated heterocycles. The number of nitrogens with zero attached hydrogens (tertiary/aromatic N) is 2. The minimum atomic E-state index is -3.93. The van der Waals surface area contributed by atoms with Gasteiger partial charge in [0, 0.05) is 45.9 Å². The Balaban J connectivity index is 1.52. The smallest absolute Gasteiger partial charge is 0.261 e. The minimum Gasteiger partial charge on any atom is -0.375 e. The van der Waals surface area contributed by atoms with Crippen LogP contribution >= 0.6 is 23.2 Å². The van der Waals surface area contributed by atoms with E-state index in [2.05, 4.69) is 9.62 Å². The lowest BCUT2D eigenvalue weighted by atomic mass is 10.2. The van der Waals surface area contributed by atoms with Gasteiger partial charge < -0.3 is 9.64 Å². The molecule has 34 heavy (non-hydrogen) atoms.